The molecule has 0 spiro atoms. The third-order valence-corrected chi connectivity index (χ3v) is 3.14. The summed E-state index contributed by atoms with van der Waals surface area (Å²) in [5, 5.41) is 8.76. The SMILES string of the molecule is O=C(O)C(Br)Cc1ccccc1C(Cl)Cl. The van der Waals surface area contributed by atoms with Crippen LogP contribution < -0.4 is 0 Å². The van der Waals surface area contributed by atoms with Gasteiger partial charge in [0.2, 0.25) is 0 Å². The molecule has 1 rings (SSSR count). The zero-order chi connectivity index (χ0) is 11.4. The van der Waals surface area contributed by atoms with Gasteiger partial charge in [0, 0.05) is 0 Å². The summed E-state index contributed by atoms with van der Waals surface area (Å²) in [5.41, 5.74) is 1.60. The van der Waals surface area contributed by atoms with Crippen LogP contribution in [0, 0.1) is 0 Å². The first-order valence-corrected chi connectivity index (χ1v) is 6.04. The number of aliphatic carboxylic acids is 1. The molecular weight excluding hydrogens is 303 g/mol. The molecule has 1 aromatic rings. The molecule has 1 N–H and O–H groups in total. The van der Waals surface area contributed by atoms with Crippen LogP contribution in [-0.4, -0.2) is 15.9 Å². The lowest BCUT2D eigenvalue weighted by atomic mass is 10.0. The van der Waals surface area contributed by atoms with Gasteiger partial charge in [-0.1, -0.05) is 40.2 Å². The highest BCUT2D eigenvalue weighted by Gasteiger charge is 2.17. The number of rotatable bonds is 4. The molecule has 0 saturated heterocycles. The molecule has 0 aliphatic rings. The minimum atomic E-state index is -0.898. The number of carbonyl (C=O) groups is 1. The summed E-state index contributed by atoms with van der Waals surface area (Å²) in [7, 11) is 0. The normalized spacial score (nSPS) is 12.8. The van der Waals surface area contributed by atoms with Gasteiger partial charge in [-0.15, -0.1) is 23.2 Å². The van der Waals surface area contributed by atoms with Crippen molar-refractivity contribution in [3.63, 3.8) is 0 Å². The Morgan fingerprint density at radius 2 is 2.00 bits per heavy atom. The molecule has 0 saturated carbocycles. The Morgan fingerprint density at radius 3 is 2.53 bits per heavy atom. The van der Waals surface area contributed by atoms with E-state index in [9.17, 15) is 4.79 Å². The summed E-state index contributed by atoms with van der Waals surface area (Å²) >= 11 is 14.6. The zero-order valence-electron chi connectivity index (χ0n) is 7.66. The van der Waals surface area contributed by atoms with Gasteiger partial charge in [0.25, 0.3) is 0 Å². The maximum absolute atomic E-state index is 10.7. The molecule has 5 heteroatoms. The molecule has 1 atom stereocenters. The molecule has 0 heterocycles. The van der Waals surface area contributed by atoms with Crippen molar-refractivity contribution in [2.24, 2.45) is 0 Å². The molecule has 0 fully saturated rings. The molecule has 0 aliphatic heterocycles. The lowest BCUT2D eigenvalue weighted by Crippen LogP contribution is -2.16. The Balaban J connectivity index is 2.89. The van der Waals surface area contributed by atoms with Crippen LogP contribution in [0.4, 0.5) is 0 Å². The predicted octanol–water partition coefficient (Wildman–Crippen LogP) is 3.55. The molecule has 15 heavy (non-hydrogen) atoms. The quantitative estimate of drug-likeness (QED) is 0.863. The average Bonchev–Trinajstić information content (AvgIpc) is 2.18. The first-order chi connectivity index (χ1) is 7.02. The number of halogens is 3. The lowest BCUT2D eigenvalue weighted by Gasteiger charge is -2.11. The summed E-state index contributed by atoms with van der Waals surface area (Å²) in [6, 6.07) is 7.27. The molecule has 0 amide bonds. The van der Waals surface area contributed by atoms with Gasteiger partial charge in [-0.05, 0) is 17.5 Å². The van der Waals surface area contributed by atoms with Gasteiger partial charge >= 0.3 is 5.97 Å². The monoisotopic (exact) mass is 310 g/mol. The first kappa shape index (κ1) is 12.8. The van der Waals surface area contributed by atoms with E-state index in [-0.39, 0.29) is 0 Å². The minimum absolute atomic E-state index is 0.363. The number of benzene rings is 1. The fraction of sp³-hybridized carbons (Fsp3) is 0.300. The van der Waals surface area contributed by atoms with Crippen LogP contribution >= 0.6 is 39.1 Å². The highest BCUT2D eigenvalue weighted by atomic mass is 79.9. The second kappa shape index (κ2) is 5.73. The smallest absolute Gasteiger partial charge is 0.317 e. The van der Waals surface area contributed by atoms with E-state index in [1.54, 1.807) is 6.07 Å². The first-order valence-electron chi connectivity index (χ1n) is 4.25. The van der Waals surface area contributed by atoms with Crippen molar-refractivity contribution in [1.82, 2.24) is 0 Å². The zero-order valence-corrected chi connectivity index (χ0v) is 10.8. The van der Waals surface area contributed by atoms with Gasteiger partial charge in [-0.2, -0.15) is 0 Å². The van der Waals surface area contributed by atoms with Crippen LogP contribution in [0.15, 0.2) is 24.3 Å². The third kappa shape index (κ3) is 3.67. The number of alkyl halides is 3. The molecule has 2 nitrogen and oxygen atoms in total. The molecular formula is C10H9BrCl2O2. The maximum atomic E-state index is 10.7. The van der Waals surface area contributed by atoms with Gasteiger partial charge in [-0.25, -0.2) is 0 Å². The van der Waals surface area contributed by atoms with Crippen molar-refractivity contribution < 1.29 is 9.90 Å². The van der Waals surface area contributed by atoms with Gasteiger partial charge < -0.3 is 5.11 Å². The van der Waals surface area contributed by atoms with Crippen LogP contribution in [0.2, 0.25) is 0 Å². The van der Waals surface area contributed by atoms with Crippen molar-refractivity contribution >= 4 is 45.1 Å². The lowest BCUT2D eigenvalue weighted by molar-refractivity contribution is -0.136. The second-order valence-electron chi connectivity index (χ2n) is 3.01. The summed E-state index contributed by atoms with van der Waals surface area (Å²) in [5.74, 6) is -0.898. The Hall–Kier alpha value is -0.250. The van der Waals surface area contributed by atoms with Crippen LogP contribution in [0.25, 0.3) is 0 Å². The summed E-state index contributed by atoms with van der Waals surface area (Å²) < 4.78 is 0. The molecule has 0 aromatic heterocycles. The van der Waals surface area contributed by atoms with E-state index >= 15 is 0 Å². The van der Waals surface area contributed by atoms with Crippen molar-refractivity contribution in [2.45, 2.75) is 16.1 Å². The summed E-state index contributed by atoms with van der Waals surface area (Å²) in [6.45, 7) is 0. The van der Waals surface area contributed by atoms with E-state index in [1.165, 1.54) is 0 Å². The van der Waals surface area contributed by atoms with Crippen molar-refractivity contribution in [2.75, 3.05) is 0 Å². The minimum Gasteiger partial charge on any atom is -0.480 e. The summed E-state index contributed by atoms with van der Waals surface area (Å²) in [6.07, 6.45) is 0.363. The van der Waals surface area contributed by atoms with Gasteiger partial charge in [0.05, 0.1) is 0 Å². The van der Waals surface area contributed by atoms with E-state index in [0.29, 0.717) is 6.42 Å². The third-order valence-electron chi connectivity index (χ3n) is 1.96. The van der Waals surface area contributed by atoms with Crippen molar-refractivity contribution in [3.05, 3.63) is 35.4 Å². The Labute approximate surface area is 106 Å². The average molecular weight is 312 g/mol. The van der Waals surface area contributed by atoms with Gasteiger partial charge in [0.15, 0.2) is 0 Å². The molecule has 1 unspecified atom stereocenters. The van der Waals surface area contributed by atoms with E-state index in [2.05, 4.69) is 15.9 Å². The van der Waals surface area contributed by atoms with E-state index in [1.807, 2.05) is 18.2 Å². The maximum Gasteiger partial charge on any atom is 0.317 e. The van der Waals surface area contributed by atoms with Crippen molar-refractivity contribution in [3.8, 4) is 0 Å². The van der Waals surface area contributed by atoms with Crippen LogP contribution in [0.1, 0.15) is 16.0 Å². The molecule has 1 aromatic carbocycles. The van der Waals surface area contributed by atoms with Crippen LogP contribution in [0.5, 0.6) is 0 Å². The van der Waals surface area contributed by atoms with E-state index in [0.717, 1.165) is 11.1 Å². The Kier molecular flexibility index (Phi) is 4.90. The number of hydrogen-bond donors (Lipinski definition) is 1. The Bertz CT molecular complexity index is 355. The topological polar surface area (TPSA) is 37.3 Å². The van der Waals surface area contributed by atoms with Crippen LogP contribution in [-0.2, 0) is 11.2 Å². The number of carboxylic acids is 1. The number of hydrogen-bond acceptors (Lipinski definition) is 1. The molecule has 0 aliphatic carbocycles. The molecule has 82 valence electrons. The predicted molar refractivity (Wildman–Crippen MR) is 64.9 cm³/mol. The van der Waals surface area contributed by atoms with E-state index < -0.39 is 15.6 Å². The standard InChI is InChI=1S/C10H9BrCl2O2/c11-8(10(14)15)5-6-3-1-2-4-7(6)9(12)13/h1-4,8-9H,5H2,(H,14,15). The molecule has 0 bridgehead atoms. The molecule has 0 radical (unpaired) electrons. The van der Waals surface area contributed by atoms with Crippen LogP contribution in [0.3, 0.4) is 0 Å². The Morgan fingerprint density at radius 1 is 1.40 bits per heavy atom. The second-order valence-corrected chi connectivity index (χ2v) is 5.21. The summed E-state index contributed by atoms with van der Waals surface area (Å²) in [4.78, 5) is 9.42. The van der Waals surface area contributed by atoms with Gasteiger partial charge in [-0.3, -0.25) is 4.79 Å². The van der Waals surface area contributed by atoms with Gasteiger partial charge in [0.1, 0.15) is 9.66 Å². The van der Waals surface area contributed by atoms with E-state index in [4.69, 9.17) is 28.3 Å². The van der Waals surface area contributed by atoms with Crippen molar-refractivity contribution in [1.29, 1.82) is 0 Å². The number of carboxylic acid groups (broad SMARTS) is 1. The largest absolute Gasteiger partial charge is 0.480 e. The highest BCUT2D eigenvalue weighted by Crippen LogP contribution is 2.29. The fourth-order valence-electron chi connectivity index (χ4n) is 1.21. The fourth-order valence-corrected chi connectivity index (χ4v) is 1.99. The highest BCUT2D eigenvalue weighted by molar-refractivity contribution is 9.10.